The third-order valence-corrected chi connectivity index (χ3v) is 4.92. The molecule has 2 N–H and O–H groups in total. The maximum absolute atomic E-state index is 12.8. The minimum Gasteiger partial charge on any atom is -0.481 e. The summed E-state index contributed by atoms with van der Waals surface area (Å²) in [5.74, 6) is 0.158. The Labute approximate surface area is 177 Å². The Kier molecular flexibility index (Phi) is 7.26. The van der Waals surface area contributed by atoms with Gasteiger partial charge in [-0.05, 0) is 64.6 Å². The molecule has 3 rings (SSSR count). The summed E-state index contributed by atoms with van der Waals surface area (Å²) >= 11 is 0. The summed E-state index contributed by atoms with van der Waals surface area (Å²) < 4.78 is 11.2. The lowest BCUT2D eigenvalue weighted by Crippen LogP contribution is -2.28. The van der Waals surface area contributed by atoms with Crippen LogP contribution in [0.2, 0.25) is 0 Å². The number of aromatic amines is 1. The van der Waals surface area contributed by atoms with Crippen molar-refractivity contribution in [3.05, 3.63) is 57.8 Å². The molecule has 0 amide bonds. The smallest absolute Gasteiger partial charge is 0.361 e. The molecule has 7 heteroatoms. The Morgan fingerprint density at radius 3 is 2.67 bits per heavy atom. The predicted octanol–water partition coefficient (Wildman–Crippen LogP) is 3.24. The van der Waals surface area contributed by atoms with Crippen LogP contribution < -0.4 is 15.6 Å². The van der Waals surface area contributed by atoms with Crippen molar-refractivity contribution in [1.29, 1.82) is 0 Å². The quantitative estimate of drug-likeness (QED) is 0.706. The number of ether oxygens (including phenoxy) is 2. The Bertz CT molecular complexity index is 895. The third kappa shape index (κ3) is 6.42. The van der Waals surface area contributed by atoms with Crippen molar-refractivity contribution in [2.24, 2.45) is 5.92 Å². The molecule has 30 heavy (non-hydrogen) atoms. The van der Waals surface area contributed by atoms with E-state index in [0.717, 1.165) is 37.9 Å². The van der Waals surface area contributed by atoms with E-state index < -0.39 is 17.1 Å². The molecule has 1 fully saturated rings. The highest BCUT2D eigenvalue weighted by Crippen LogP contribution is 2.21. The molecule has 0 spiro atoms. The maximum Gasteiger partial charge on any atom is 0.361 e. The minimum absolute atomic E-state index is 0.0636. The zero-order valence-corrected chi connectivity index (χ0v) is 18.0. The molecule has 7 nitrogen and oxygen atoms in total. The molecular formula is C23H31N3O4. The molecule has 1 aliphatic heterocycles. The number of hydrogen-bond donors (Lipinski definition) is 2. The first-order valence-corrected chi connectivity index (χ1v) is 10.6. The molecule has 1 aromatic heterocycles. The second-order valence-corrected chi connectivity index (χ2v) is 8.72. The second kappa shape index (κ2) is 9.89. The Balaban J connectivity index is 1.87. The van der Waals surface area contributed by atoms with Gasteiger partial charge in [-0.1, -0.05) is 30.3 Å². The van der Waals surface area contributed by atoms with E-state index in [-0.39, 0.29) is 18.1 Å². The van der Waals surface area contributed by atoms with Crippen molar-refractivity contribution in [1.82, 2.24) is 15.3 Å². The van der Waals surface area contributed by atoms with Gasteiger partial charge in [0.2, 0.25) is 5.75 Å². The van der Waals surface area contributed by atoms with Crippen molar-refractivity contribution >= 4 is 5.97 Å². The largest absolute Gasteiger partial charge is 0.481 e. The molecule has 0 bridgehead atoms. The Morgan fingerprint density at radius 1 is 1.17 bits per heavy atom. The topological polar surface area (TPSA) is 93.3 Å². The van der Waals surface area contributed by atoms with Crippen LogP contribution in [0.5, 0.6) is 5.75 Å². The number of hydrogen-bond acceptors (Lipinski definition) is 6. The highest BCUT2D eigenvalue weighted by molar-refractivity contribution is 5.90. The van der Waals surface area contributed by atoms with Crippen LogP contribution in [0.4, 0.5) is 0 Å². The summed E-state index contributed by atoms with van der Waals surface area (Å²) in [5, 5.41) is 3.38. The van der Waals surface area contributed by atoms with E-state index in [1.54, 1.807) is 20.8 Å². The van der Waals surface area contributed by atoms with E-state index in [2.05, 4.69) is 15.3 Å². The molecule has 0 aliphatic carbocycles. The summed E-state index contributed by atoms with van der Waals surface area (Å²) in [5.41, 5.74) is -0.331. The monoisotopic (exact) mass is 413 g/mol. The summed E-state index contributed by atoms with van der Waals surface area (Å²) in [6, 6.07) is 9.47. The molecule has 0 radical (unpaired) electrons. The number of H-pyrrole nitrogens is 1. The summed E-state index contributed by atoms with van der Waals surface area (Å²) in [6.07, 6.45) is 3.78. The van der Waals surface area contributed by atoms with Crippen LogP contribution >= 0.6 is 0 Å². The number of carbonyl (C=O) groups excluding carboxylic acids is 1. The normalized spacial score (nSPS) is 17.2. The SMILES string of the molecule is CC(C)(C)OC(=O)c1nc(CC2CCCNCC2)[nH]c(=O)c1OCc1ccccc1. The molecule has 1 unspecified atom stereocenters. The van der Waals surface area contributed by atoms with E-state index in [0.29, 0.717) is 18.2 Å². The van der Waals surface area contributed by atoms with Crippen LogP contribution in [0, 0.1) is 5.92 Å². The van der Waals surface area contributed by atoms with Crippen molar-refractivity contribution in [3.8, 4) is 5.75 Å². The highest BCUT2D eigenvalue weighted by atomic mass is 16.6. The van der Waals surface area contributed by atoms with E-state index in [1.165, 1.54) is 0 Å². The van der Waals surface area contributed by atoms with Gasteiger partial charge in [0.15, 0.2) is 5.69 Å². The lowest BCUT2D eigenvalue weighted by atomic mass is 9.96. The Morgan fingerprint density at radius 2 is 1.93 bits per heavy atom. The van der Waals surface area contributed by atoms with Gasteiger partial charge in [-0.2, -0.15) is 0 Å². The molecule has 162 valence electrons. The van der Waals surface area contributed by atoms with Crippen molar-refractivity contribution < 1.29 is 14.3 Å². The van der Waals surface area contributed by atoms with Gasteiger partial charge in [-0.15, -0.1) is 0 Å². The fourth-order valence-corrected chi connectivity index (χ4v) is 3.50. The van der Waals surface area contributed by atoms with Crippen LogP contribution in [0.25, 0.3) is 0 Å². The number of aromatic nitrogens is 2. The Hall–Kier alpha value is -2.67. The highest BCUT2D eigenvalue weighted by Gasteiger charge is 2.26. The van der Waals surface area contributed by atoms with E-state index in [1.807, 2.05) is 30.3 Å². The summed E-state index contributed by atoms with van der Waals surface area (Å²) in [4.78, 5) is 32.9. The number of esters is 1. The standard InChI is InChI=1S/C23H31N3O4/c1-23(2,3)30-22(28)19-20(29-15-17-8-5-4-6-9-17)21(27)26-18(25-19)14-16-10-7-12-24-13-11-16/h4-6,8-9,16,24H,7,10-15H2,1-3H3,(H,25,26,27). The summed E-state index contributed by atoms with van der Waals surface area (Å²) in [7, 11) is 0. The minimum atomic E-state index is -0.703. The fourth-order valence-electron chi connectivity index (χ4n) is 3.50. The fraction of sp³-hybridized carbons (Fsp3) is 0.522. The van der Waals surface area contributed by atoms with Gasteiger partial charge in [-0.3, -0.25) is 4.79 Å². The average molecular weight is 414 g/mol. The molecule has 2 heterocycles. The third-order valence-electron chi connectivity index (χ3n) is 4.92. The van der Waals surface area contributed by atoms with E-state index in [4.69, 9.17) is 9.47 Å². The summed E-state index contributed by atoms with van der Waals surface area (Å²) in [6.45, 7) is 7.46. The maximum atomic E-state index is 12.8. The van der Waals surface area contributed by atoms with Gasteiger partial charge in [-0.25, -0.2) is 9.78 Å². The van der Waals surface area contributed by atoms with Gasteiger partial charge in [0.05, 0.1) is 0 Å². The number of benzene rings is 1. The van der Waals surface area contributed by atoms with Crippen molar-refractivity contribution in [3.63, 3.8) is 0 Å². The van der Waals surface area contributed by atoms with Gasteiger partial charge in [0.1, 0.15) is 18.0 Å². The predicted molar refractivity (Wildman–Crippen MR) is 115 cm³/mol. The molecule has 1 aromatic carbocycles. The van der Waals surface area contributed by atoms with E-state index in [9.17, 15) is 9.59 Å². The van der Waals surface area contributed by atoms with Crippen molar-refractivity contribution in [2.45, 2.75) is 58.7 Å². The molecule has 0 saturated carbocycles. The van der Waals surface area contributed by atoms with Crippen LogP contribution in [0.1, 0.15) is 61.9 Å². The lowest BCUT2D eigenvalue weighted by Gasteiger charge is -2.20. The first-order valence-electron chi connectivity index (χ1n) is 10.6. The zero-order chi connectivity index (χ0) is 21.6. The van der Waals surface area contributed by atoms with Gasteiger partial charge in [0.25, 0.3) is 5.56 Å². The number of nitrogens with one attached hydrogen (secondary N) is 2. The van der Waals surface area contributed by atoms with Gasteiger partial charge in [0, 0.05) is 6.42 Å². The number of carbonyl (C=O) groups is 1. The van der Waals surface area contributed by atoms with Crippen LogP contribution in [0.3, 0.4) is 0 Å². The van der Waals surface area contributed by atoms with Gasteiger partial charge < -0.3 is 19.8 Å². The molecule has 1 aliphatic rings. The van der Waals surface area contributed by atoms with Crippen LogP contribution in [-0.2, 0) is 17.8 Å². The molecule has 2 aromatic rings. The van der Waals surface area contributed by atoms with Crippen LogP contribution in [0.15, 0.2) is 35.1 Å². The number of rotatable bonds is 6. The van der Waals surface area contributed by atoms with Gasteiger partial charge >= 0.3 is 5.97 Å². The lowest BCUT2D eigenvalue weighted by molar-refractivity contribution is 0.00571. The number of nitrogens with zero attached hydrogens (tertiary/aromatic N) is 1. The first kappa shape index (κ1) is 22.0. The second-order valence-electron chi connectivity index (χ2n) is 8.72. The zero-order valence-electron chi connectivity index (χ0n) is 18.0. The molecular weight excluding hydrogens is 382 g/mol. The molecule has 1 atom stereocenters. The first-order chi connectivity index (χ1) is 14.3. The van der Waals surface area contributed by atoms with E-state index >= 15 is 0 Å². The molecule has 1 saturated heterocycles. The van der Waals surface area contributed by atoms with Crippen molar-refractivity contribution in [2.75, 3.05) is 13.1 Å². The van der Waals surface area contributed by atoms with Crippen LogP contribution in [-0.4, -0.2) is 34.6 Å². The average Bonchev–Trinajstić information content (AvgIpc) is 2.95.